The Labute approximate surface area is 116 Å². The number of hydrogen-bond donors (Lipinski definition) is 0. The molecule has 1 amide bonds. The second-order valence-corrected chi connectivity index (χ2v) is 6.42. The number of rotatable bonds is 3. The second-order valence-electron chi connectivity index (χ2n) is 6.42. The van der Waals surface area contributed by atoms with Crippen LogP contribution in [-0.2, 0) is 16.8 Å². The number of hydrogen-bond acceptors (Lipinski definition) is 1. The van der Waals surface area contributed by atoms with Crippen molar-refractivity contribution in [3.63, 3.8) is 0 Å². The summed E-state index contributed by atoms with van der Waals surface area (Å²) in [7, 11) is 0. The van der Waals surface area contributed by atoms with E-state index in [1.807, 2.05) is 11.0 Å². The van der Waals surface area contributed by atoms with Crippen LogP contribution in [0.1, 0.15) is 38.3 Å². The van der Waals surface area contributed by atoms with Gasteiger partial charge in [0.1, 0.15) is 0 Å². The lowest BCUT2D eigenvalue weighted by molar-refractivity contribution is -0.128. The van der Waals surface area contributed by atoms with Gasteiger partial charge in [-0.2, -0.15) is 0 Å². The van der Waals surface area contributed by atoms with E-state index >= 15 is 0 Å². The third-order valence-corrected chi connectivity index (χ3v) is 3.77. The molecule has 1 heterocycles. The van der Waals surface area contributed by atoms with E-state index in [4.69, 9.17) is 0 Å². The molecule has 1 aliphatic rings. The largest absolute Gasteiger partial charge is 0.338 e. The predicted molar refractivity (Wildman–Crippen MR) is 78.9 cm³/mol. The maximum absolute atomic E-state index is 11.9. The predicted octanol–water partition coefficient (Wildman–Crippen LogP) is 3.52. The first kappa shape index (κ1) is 13.9. The monoisotopic (exact) mass is 257 g/mol. The van der Waals surface area contributed by atoms with Crippen LogP contribution in [0.4, 0.5) is 0 Å². The molecule has 0 N–H and O–H groups in total. The van der Waals surface area contributed by atoms with Crippen LogP contribution >= 0.6 is 0 Å². The fourth-order valence-corrected chi connectivity index (χ4v) is 2.44. The molecule has 2 heteroatoms. The van der Waals surface area contributed by atoms with Crippen molar-refractivity contribution in [1.82, 2.24) is 4.90 Å². The summed E-state index contributed by atoms with van der Waals surface area (Å²) >= 11 is 0. The third kappa shape index (κ3) is 3.25. The van der Waals surface area contributed by atoms with E-state index in [0.29, 0.717) is 18.9 Å². The molecule has 1 aromatic carbocycles. The molecular formula is C17H23NO. The van der Waals surface area contributed by atoms with Crippen LogP contribution in [0.15, 0.2) is 36.9 Å². The molecule has 0 aliphatic carbocycles. The van der Waals surface area contributed by atoms with Crippen LogP contribution in [0.2, 0.25) is 0 Å². The standard InChI is InChI=1S/C17H23NO/c1-5-13-10-16(19)18(11-13)12-14-6-8-15(9-7-14)17(2,3)4/h5-9,13H,1,10-12H2,2-4H3. The van der Waals surface area contributed by atoms with Gasteiger partial charge in [0.25, 0.3) is 0 Å². The van der Waals surface area contributed by atoms with Gasteiger partial charge in [0.05, 0.1) is 0 Å². The zero-order chi connectivity index (χ0) is 14.0. The Kier molecular flexibility index (Phi) is 3.79. The quantitative estimate of drug-likeness (QED) is 0.759. The van der Waals surface area contributed by atoms with Gasteiger partial charge in [-0.15, -0.1) is 6.58 Å². The van der Waals surface area contributed by atoms with Gasteiger partial charge in [-0.1, -0.05) is 51.1 Å². The molecule has 0 bridgehead atoms. The van der Waals surface area contributed by atoms with Gasteiger partial charge in [0.15, 0.2) is 0 Å². The van der Waals surface area contributed by atoms with Crippen LogP contribution in [0, 0.1) is 5.92 Å². The zero-order valence-electron chi connectivity index (χ0n) is 12.1. The average Bonchev–Trinajstić information content (AvgIpc) is 2.70. The van der Waals surface area contributed by atoms with E-state index < -0.39 is 0 Å². The summed E-state index contributed by atoms with van der Waals surface area (Å²) in [5.74, 6) is 0.561. The molecule has 0 saturated carbocycles. The van der Waals surface area contributed by atoms with E-state index in [0.717, 1.165) is 6.54 Å². The second kappa shape index (κ2) is 5.20. The van der Waals surface area contributed by atoms with E-state index in [2.05, 4.69) is 51.6 Å². The highest BCUT2D eigenvalue weighted by Crippen LogP contribution is 2.24. The van der Waals surface area contributed by atoms with Crippen LogP contribution in [0.3, 0.4) is 0 Å². The number of likely N-dealkylation sites (tertiary alicyclic amines) is 1. The summed E-state index contributed by atoms with van der Waals surface area (Å²) in [6.45, 7) is 11.9. The highest BCUT2D eigenvalue weighted by molar-refractivity contribution is 5.79. The summed E-state index contributed by atoms with van der Waals surface area (Å²) in [6.07, 6.45) is 2.50. The maximum Gasteiger partial charge on any atom is 0.223 e. The molecular weight excluding hydrogens is 234 g/mol. The Balaban J connectivity index is 2.04. The molecule has 1 saturated heterocycles. The number of nitrogens with zero attached hydrogens (tertiary/aromatic N) is 1. The topological polar surface area (TPSA) is 20.3 Å². The Bertz CT molecular complexity index is 467. The average molecular weight is 257 g/mol. The Morgan fingerprint density at radius 1 is 1.32 bits per heavy atom. The van der Waals surface area contributed by atoms with Gasteiger partial charge in [-0.05, 0) is 16.5 Å². The normalized spacial score (nSPS) is 19.8. The van der Waals surface area contributed by atoms with Crippen molar-refractivity contribution in [2.45, 2.75) is 39.2 Å². The molecule has 19 heavy (non-hydrogen) atoms. The molecule has 1 fully saturated rings. The molecule has 2 rings (SSSR count). The van der Waals surface area contributed by atoms with E-state index in [1.54, 1.807) is 0 Å². The molecule has 102 valence electrons. The smallest absolute Gasteiger partial charge is 0.223 e. The molecule has 2 nitrogen and oxygen atoms in total. The number of carbonyl (C=O) groups is 1. The first-order valence-corrected chi connectivity index (χ1v) is 6.90. The summed E-state index contributed by atoms with van der Waals surface area (Å²) in [6, 6.07) is 8.60. The van der Waals surface area contributed by atoms with Crippen molar-refractivity contribution in [2.24, 2.45) is 5.92 Å². The van der Waals surface area contributed by atoms with Gasteiger partial charge >= 0.3 is 0 Å². The lowest BCUT2D eigenvalue weighted by Gasteiger charge is -2.20. The Morgan fingerprint density at radius 2 is 1.95 bits per heavy atom. The summed E-state index contributed by atoms with van der Waals surface area (Å²) < 4.78 is 0. The highest BCUT2D eigenvalue weighted by atomic mass is 16.2. The molecule has 0 aromatic heterocycles. The van der Waals surface area contributed by atoms with E-state index in [9.17, 15) is 4.79 Å². The molecule has 1 aromatic rings. The van der Waals surface area contributed by atoms with Crippen LogP contribution in [0.25, 0.3) is 0 Å². The zero-order valence-corrected chi connectivity index (χ0v) is 12.1. The maximum atomic E-state index is 11.9. The lowest BCUT2D eigenvalue weighted by atomic mass is 9.87. The molecule has 0 radical (unpaired) electrons. The molecule has 1 aliphatic heterocycles. The minimum absolute atomic E-state index is 0.177. The molecule has 1 unspecified atom stereocenters. The SMILES string of the molecule is C=CC1CC(=O)N(Cc2ccc(C(C)(C)C)cc2)C1. The van der Waals surface area contributed by atoms with E-state index in [1.165, 1.54) is 11.1 Å². The number of carbonyl (C=O) groups excluding carboxylic acids is 1. The Hall–Kier alpha value is -1.57. The van der Waals surface area contributed by atoms with Gasteiger partial charge in [0.2, 0.25) is 5.91 Å². The first-order chi connectivity index (χ1) is 8.90. The number of benzene rings is 1. The van der Waals surface area contributed by atoms with Crippen molar-refractivity contribution >= 4 is 5.91 Å². The Morgan fingerprint density at radius 3 is 2.42 bits per heavy atom. The van der Waals surface area contributed by atoms with Gasteiger partial charge in [0, 0.05) is 25.4 Å². The minimum Gasteiger partial charge on any atom is -0.338 e. The van der Waals surface area contributed by atoms with Crippen molar-refractivity contribution in [1.29, 1.82) is 0 Å². The molecule has 0 spiro atoms. The van der Waals surface area contributed by atoms with Gasteiger partial charge in [-0.25, -0.2) is 0 Å². The van der Waals surface area contributed by atoms with Gasteiger partial charge < -0.3 is 4.90 Å². The third-order valence-electron chi connectivity index (χ3n) is 3.77. The molecule has 1 atom stereocenters. The number of amides is 1. The van der Waals surface area contributed by atoms with Crippen LogP contribution < -0.4 is 0 Å². The highest BCUT2D eigenvalue weighted by Gasteiger charge is 2.27. The van der Waals surface area contributed by atoms with Crippen LogP contribution in [-0.4, -0.2) is 17.4 Å². The fraction of sp³-hybridized carbons (Fsp3) is 0.471. The van der Waals surface area contributed by atoms with Crippen molar-refractivity contribution in [3.8, 4) is 0 Å². The van der Waals surface area contributed by atoms with E-state index in [-0.39, 0.29) is 11.3 Å². The summed E-state index contributed by atoms with van der Waals surface area (Å²) in [5.41, 5.74) is 2.70. The summed E-state index contributed by atoms with van der Waals surface area (Å²) in [5, 5.41) is 0. The fourth-order valence-electron chi connectivity index (χ4n) is 2.44. The van der Waals surface area contributed by atoms with Gasteiger partial charge in [-0.3, -0.25) is 4.79 Å². The van der Waals surface area contributed by atoms with Crippen molar-refractivity contribution in [2.75, 3.05) is 6.54 Å². The lowest BCUT2D eigenvalue weighted by Crippen LogP contribution is -2.24. The summed E-state index contributed by atoms with van der Waals surface area (Å²) in [4.78, 5) is 13.8. The van der Waals surface area contributed by atoms with Crippen LogP contribution in [0.5, 0.6) is 0 Å². The van der Waals surface area contributed by atoms with Crippen molar-refractivity contribution < 1.29 is 4.79 Å². The first-order valence-electron chi connectivity index (χ1n) is 6.90. The van der Waals surface area contributed by atoms with Crippen molar-refractivity contribution in [3.05, 3.63) is 48.0 Å². The minimum atomic E-state index is 0.177.